The van der Waals surface area contributed by atoms with Crippen LogP contribution in [0.25, 0.3) is 0 Å². The van der Waals surface area contributed by atoms with Crippen LogP contribution in [0, 0.1) is 5.82 Å². The molecule has 1 N–H and O–H groups in total. The topological polar surface area (TPSA) is 72.5 Å². The molecule has 7 heteroatoms. The van der Waals surface area contributed by atoms with Crippen molar-refractivity contribution in [3.8, 4) is 5.75 Å². The second-order valence-electron chi connectivity index (χ2n) is 6.80. The summed E-state index contributed by atoms with van der Waals surface area (Å²) in [6, 6.07) is 12.7. The molecule has 3 rings (SSSR count). The van der Waals surface area contributed by atoms with Gasteiger partial charge in [0.05, 0.1) is 17.0 Å². The van der Waals surface area contributed by atoms with Crippen molar-refractivity contribution in [2.45, 2.75) is 25.5 Å². The van der Waals surface area contributed by atoms with Gasteiger partial charge in [0.25, 0.3) is 5.91 Å². The molecule has 1 heterocycles. The molecule has 1 unspecified atom stereocenters. The third-order valence-electron chi connectivity index (χ3n) is 4.33. The van der Waals surface area contributed by atoms with Gasteiger partial charge in [0.2, 0.25) is 0 Å². The zero-order chi connectivity index (χ0) is 18.8. The standard InChI is InChI=1S/C19H20FNO4S/c1-19(9-10-26(23,24)13-19)21-18(22)15-3-2-4-17(11-15)25-12-14-5-7-16(20)8-6-14/h2-8,11H,9-10,12-13H2,1H3,(H,21,22). The van der Waals surface area contributed by atoms with Gasteiger partial charge in [0.1, 0.15) is 18.2 Å². The number of hydrogen-bond donors (Lipinski definition) is 1. The Kier molecular flexibility index (Phi) is 5.00. The van der Waals surface area contributed by atoms with Crippen LogP contribution in [0.4, 0.5) is 4.39 Å². The number of halogens is 1. The first kappa shape index (κ1) is 18.4. The molecule has 0 bridgehead atoms. The first-order valence-corrected chi connectivity index (χ1v) is 10.1. The van der Waals surface area contributed by atoms with E-state index in [-0.39, 0.29) is 29.8 Å². The molecule has 0 aromatic heterocycles. The van der Waals surface area contributed by atoms with Gasteiger partial charge < -0.3 is 10.1 Å². The summed E-state index contributed by atoms with van der Waals surface area (Å²) in [5.41, 5.74) is 0.456. The van der Waals surface area contributed by atoms with Gasteiger partial charge in [-0.3, -0.25) is 4.79 Å². The van der Waals surface area contributed by atoms with Crippen molar-refractivity contribution in [2.75, 3.05) is 11.5 Å². The third kappa shape index (κ3) is 4.60. The Bertz CT molecular complexity index is 911. The SMILES string of the molecule is CC1(NC(=O)c2cccc(OCc3ccc(F)cc3)c2)CCS(=O)(=O)C1. The van der Waals surface area contributed by atoms with E-state index >= 15 is 0 Å². The van der Waals surface area contributed by atoms with Gasteiger partial charge in [-0.2, -0.15) is 0 Å². The van der Waals surface area contributed by atoms with E-state index in [9.17, 15) is 17.6 Å². The fraction of sp³-hybridized carbons (Fsp3) is 0.316. The largest absolute Gasteiger partial charge is 0.489 e. The van der Waals surface area contributed by atoms with Crippen LogP contribution in [-0.4, -0.2) is 31.4 Å². The lowest BCUT2D eigenvalue weighted by atomic mass is 10.0. The Morgan fingerprint density at radius 3 is 2.62 bits per heavy atom. The van der Waals surface area contributed by atoms with Gasteiger partial charge in [0.15, 0.2) is 9.84 Å². The summed E-state index contributed by atoms with van der Waals surface area (Å²) in [6.45, 7) is 1.99. The molecule has 1 saturated heterocycles. The summed E-state index contributed by atoms with van der Waals surface area (Å²) in [4.78, 5) is 12.5. The van der Waals surface area contributed by atoms with Crippen LogP contribution < -0.4 is 10.1 Å². The monoisotopic (exact) mass is 377 g/mol. The lowest BCUT2D eigenvalue weighted by Crippen LogP contribution is -2.46. The van der Waals surface area contributed by atoms with Gasteiger partial charge in [-0.1, -0.05) is 18.2 Å². The molecule has 2 aromatic rings. The highest BCUT2D eigenvalue weighted by Gasteiger charge is 2.39. The molecule has 138 valence electrons. The van der Waals surface area contributed by atoms with Crippen LogP contribution in [0.3, 0.4) is 0 Å². The van der Waals surface area contributed by atoms with Crippen LogP contribution in [0.5, 0.6) is 5.75 Å². The number of ether oxygens (including phenoxy) is 1. The number of amides is 1. The summed E-state index contributed by atoms with van der Waals surface area (Å²) in [6.07, 6.45) is 0.405. The summed E-state index contributed by atoms with van der Waals surface area (Å²) in [7, 11) is -3.10. The van der Waals surface area contributed by atoms with Crippen molar-refractivity contribution < 1.29 is 22.3 Å². The van der Waals surface area contributed by atoms with E-state index in [2.05, 4.69) is 5.32 Å². The van der Waals surface area contributed by atoms with Crippen LogP contribution in [0.15, 0.2) is 48.5 Å². The molecule has 26 heavy (non-hydrogen) atoms. The first-order chi connectivity index (χ1) is 12.2. The van der Waals surface area contributed by atoms with Crippen molar-refractivity contribution in [1.82, 2.24) is 5.32 Å². The number of benzene rings is 2. The van der Waals surface area contributed by atoms with Gasteiger partial charge in [-0.05, 0) is 49.2 Å². The Hall–Kier alpha value is -2.41. The predicted octanol–water partition coefficient (Wildman–Crippen LogP) is 2.71. The van der Waals surface area contributed by atoms with Gasteiger partial charge in [-0.15, -0.1) is 0 Å². The van der Waals surface area contributed by atoms with Crippen LogP contribution in [-0.2, 0) is 16.4 Å². The molecule has 1 atom stereocenters. The lowest BCUT2D eigenvalue weighted by Gasteiger charge is -2.24. The molecule has 1 fully saturated rings. The normalized spacial score (nSPS) is 21.3. The fourth-order valence-electron chi connectivity index (χ4n) is 2.93. The van der Waals surface area contributed by atoms with E-state index < -0.39 is 15.4 Å². The number of hydrogen-bond acceptors (Lipinski definition) is 4. The van der Waals surface area contributed by atoms with E-state index in [4.69, 9.17) is 4.74 Å². The van der Waals surface area contributed by atoms with Crippen molar-refractivity contribution in [3.05, 3.63) is 65.5 Å². The molecule has 0 spiro atoms. The fourth-order valence-corrected chi connectivity index (χ4v) is 5.02. The van der Waals surface area contributed by atoms with Gasteiger partial charge in [-0.25, -0.2) is 12.8 Å². The summed E-state index contributed by atoms with van der Waals surface area (Å²) in [5, 5.41) is 2.82. The number of nitrogens with one attached hydrogen (secondary N) is 1. The van der Waals surface area contributed by atoms with E-state index in [1.165, 1.54) is 12.1 Å². The average molecular weight is 377 g/mol. The van der Waals surface area contributed by atoms with Gasteiger partial charge >= 0.3 is 0 Å². The van der Waals surface area contributed by atoms with Crippen molar-refractivity contribution in [3.63, 3.8) is 0 Å². The van der Waals surface area contributed by atoms with Crippen molar-refractivity contribution in [1.29, 1.82) is 0 Å². The Labute approximate surface area is 152 Å². The molecule has 1 aliphatic rings. The smallest absolute Gasteiger partial charge is 0.251 e. The third-order valence-corrected chi connectivity index (χ3v) is 6.24. The molecule has 5 nitrogen and oxygen atoms in total. The highest BCUT2D eigenvalue weighted by atomic mass is 32.2. The minimum Gasteiger partial charge on any atom is -0.489 e. The predicted molar refractivity (Wildman–Crippen MR) is 96.3 cm³/mol. The van der Waals surface area contributed by atoms with E-state index in [1.54, 1.807) is 43.3 Å². The molecule has 0 saturated carbocycles. The maximum Gasteiger partial charge on any atom is 0.251 e. The highest BCUT2D eigenvalue weighted by Crippen LogP contribution is 2.24. The summed E-state index contributed by atoms with van der Waals surface area (Å²) < 4.78 is 41.9. The summed E-state index contributed by atoms with van der Waals surface area (Å²) in [5.74, 6) is -0.102. The lowest BCUT2D eigenvalue weighted by molar-refractivity contribution is 0.0915. The van der Waals surface area contributed by atoms with E-state index in [1.807, 2.05) is 0 Å². The zero-order valence-corrected chi connectivity index (χ0v) is 15.2. The number of carbonyl (C=O) groups excluding carboxylic acids is 1. The van der Waals surface area contributed by atoms with Crippen molar-refractivity contribution in [2.24, 2.45) is 0 Å². The Morgan fingerprint density at radius 1 is 1.23 bits per heavy atom. The molecule has 1 amide bonds. The van der Waals surface area contributed by atoms with E-state index in [0.29, 0.717) is 17.7 Å². The van der Waals surface area contributed by atoms with E-state index in [0.717, 1.165) is 5.56 Å². The average Bonchev–Trinajstić information content (AvgIpc) is 2.87. The molecular formula is C19H20FNO4S. The molecule has 1 aliphatic heterocycles. The molecule has 0 radical (unpaired) electrons. The number of rotatable bonds is 5. The maximum absolute atomic E-state index is 12.9. The Morgan fingerprint density at radius 2 is 1.96 bits per heavy atom. The highest BCUT2D eigenvalue weighted by molar-refractivity contribution is 7.91. The molecular weight excluding hydrogens is 357 g/mol. The molecule has 0 aliphatic carbocycles. The minimum absolute atomic E-state index is 0.0491. The summed E-state index contributed by atoms with van der Waals surface area (Å²) >= 11 is 0. The maximum atomic E-state index is 12.9. The molecule has 2 aromatic carbocycles. The van der Waals surface area contributed by atoms with Crippen molar-refractivity contribution >= 4 is 15.7 Å². The van der Waals surface area contributed by atoms with Gasteiger partial charge in [0, 0.05) is 5.56 Å². The second kappa shape index (κ2) is 7.07. The second-order valence-corrected chi connectivity index (χ2v) is 8.98. The Balaban J connectivity index is 1.65. The minimum atomic E-state index is -3.10. The van der Waals surface area contributed by atoms with Crippen LogP contribution in [0.1, 0.15) is 29.3 Å². The first-order valence-electron chi connectivity index (χ1n) is 8.25. The van der Waals surface area contributed by atoms with Crippen LogP contribution in [0.2, 0.25) is 0 Å². The zero-order valence-electron chi connectivity index (χ0n) is 14.4. The quantitative estimate of drug-likeness (QED) is 0.870. The number of sulfone groups is 1. The van der Waals surface area contributed by atoms with Crippen LogP contribution >= 0.6 is 0 Å². The number of carbonyl (C=O) groups is 1.